The van der Waals surface area contributed by atoms with Crippen LogP contribution in [-0.4, -0.2) is 22.3 Å². The standard InChI is InChI=1S/C21H23Cl2NO2/c1-2-26-17-12-10-15(11-13-17)14-24(21(25)20(22)23)19-9-5-7-16-6-3-4-8-18(16)19/h3-4,6,8,10-13,19-20H,2,5,7,9,14H2,1H3. The number of amides is 1. The first kappa shape index (κ1) is 19.1. The van der Waals surface area contributed by atoms with Crippen molar-refractivity contribution in [3.05, 3.63) is 65.2 Å². The fraction of sp³-hybridized carbons (Fsp3) is 0.381. The van der Waals surface area contributed by atoms with Gasteiger partial charge in [-0.05, 0) is 55.0 Å². The van der Waals surface area contributed by atoms with E-state index in [4.69, 9.17) is 27.9 Å². The maximum Gasteiger partial charge on any atom is 0.256 e. The Labute approximate surface area is 164 Å². The Morgan fingerprint density at radius 3 is 2.62 bits per heavy atom. The molecule has 1 aliphatic carbocycles. The molecule has 1 amide bonds. The fourth-order valence-corrected chi connectivity index (χ4v) is 3.82. The number of fused-ring (bicyclic) bond motifs is 1. The van der Waals surface area contributed by atoms with Gasteiger partial charge >= 0.3 is 0 Å². The third-order valence-electron chi connectivity index (χ3n) is 4.77. The van der Waals surface area contributed by atoms with E-state index in [0.29, 0.717) is 13.2 Å². The molecular formula is C21H23Cl2NO2. The summed E-state index contributed by atoms with van der Waals surface area (Å²) >= 11 is 11.9. The molecule has 138 valence electrons. The van der Waals surface area contributed by atoms with E-state index in [1.165, 1.54) is 11.1 Å². The lowest BCUT2D eigenvalue weighted by Gasteiger charge is -2.36. The Bertz CT molecular complexity index is 746. The molecule has 0 bridgehead atoms. The monoisotopic (exact) mass is 391 g/mol. The first-order chi connectivity index (χ1) is 12.6. The number of rotatable bonds is 6. The predicted molar refractivity (Wildman–Crippen MR) is 106 cm³/mol. The zero-order valence-corrected chi connectivity index (χ0v) is 16.3. The normalized spacial score (nSPS) is 16.2. The van der Waals surface area contributed by atoms with E-state index in [-0.39, 0.29) is 11.9 Å². The first-order valence-electron chi connectivity index (χ1n) is 8.98. The highest BCUT2D eigenvalue weighted by atomic mass is 35.5. The van der Waals surface area contributed by atoms with Gasteiger partial charge < -0.3 is 9.64 Å². The van der Waals surface area contributed by atoms with Crippen molar-refractivity contribution in [1.29, 1.82) is 0 Å². The minimum Gasteiger partial charge on any atom is -0.494 e. The third-order valence-corrected chi connectivity index (χ3v) is 5.14. The molecule has 1 unspecified atom stereocenters. The van der Waals surface area contributed by atoms with E-state index in [9.17, 15) is 4.79 Å². The summed E-state index contributed by atoms with van der Waals surface area (Å²) in [4.78, 5) is 13.5. The first-order valence-corrected chi connectivity index (χ1v) is 9.85. The van der Waals surface area contributed by atoms with Gasteiger partial charge in [-0.1, -0.05) is 59.6 Å². The number of hydrogen-bond donors (Lipinski definition) is 0. The topological polar surface area (TPSA) is 29.5 Å². The van der Waals surface area contributed by atoms with Gasteiger partial charge in [-0.15, -0.1) is 0 Å². The molecule has 1 atom stereocenters. The largest absolute Gasteiger partial charge is 0.494 e. The van der Waals surface area contributed by atoms with Crippen molar-refractivity contribution in [2.75, 3.05) is 6.61 Å². The molecule has 0 radical (unpaired) electrons. The van der Waals surface area contributed by atoms with E-state index in [2.05, 4.69) is 12.1 Å². The number of nitrogens with zero attached hydrogens (tertiary/aromatic N) is 1. The van der Waals surface area contributed by atoms with Crippen LogP contribution in [0.3, 0.4) is 0 Å². The van der Waals surface area contributed by atoms with Gasteiger partial charge in [0.1, 0.15) is 5.75 Å². The molecule has 0 spiro atoms. The number of halogens is 2. The predicted octanol–water partition coefficient (Wildman–Crippen LogP) is 5.30. The Morgan fingerprint density at radius 1 is 1.19 bits per heavy atom. The third kappa shape index (κ3) is 4.33. The molecule has 5 heteroatoms. The maximum atomic E-state index is 12.8. The highest BCUT2D eigenvalue weighted by Crippen LogP contribution is 2.36. The molecule has 3 rings (SSSR count). The quantitative estimate of drug-likeness (QED) is 0.625. The molecule has 2 aromatic rings. The summed E-state index contributed by atoms with van der Waals surface area (Å²) in [6, 6.07) is 16.1. The van der Waals surface area contributed by atoms with Crippen LogP contribution in [0.2, 0.25) is 0 Å². The fourth-order valence-electron chi connectivity index (χ4n) is 3.57. The Balaban J connectivity index is 1.88. The van der Waals surface area contributed by atoms with Gasteiger partial charge in [-0.25, -0.2) is 0 Å². The molecule has 3 nitrogen and oxygen atoms in total. The zero-order chi connectivity index (χ0) is 18.5. The summed E-state index contributed by atoms with van der Waals surface area (Å²) in [6.07, 6.45) is 3.01. The number of aryl methyl sites for hydroxylation is 1. The molecule has 0 saturated carbocycles. The second-order valence-electron chi connectivity index (χ2n) is 6.45. The number of benzene rings is 2. The molecule has 1 aliphatic rings. The summed E-state index contributed by atoms with van der Waals surface area (Å²) in [5.74, 6) is 0.577. The van der Waals surface area contributed by atoms with Crippen LogP contribution in [0.5, 0.6) is 5.75 Å². The summed E-state index contributed by atoms with van der Waals surface area (Å²) in [6.45, 7) is 3.05. The summed E-state index contributed by atoms with van der Waals surface area (Å²) in [7, 11) is 0. The minimum atomic E-state index is -1.06. The lowest BCUT2D eigenvalue weighted by molar-refractivity contribution is -0.132. The average molecular weight is 392 g/mol. The number of carbonyl (C=O) groups is 1. The molecule has 0 N–H and O–H groups in total. The Hall–Kier alpha value is -1.71. The maximum absolute atomic E-state index is 12.8. The molecular weight excluding hydrogens is 369 g/mol. The van der Waals surface area contributed by atoms with Crippen LogP contribution in [0.25, 0.3) is 0 Å². The number of carbonyl (C=O) groups excluding carboxylic acids is 1. The molecule has 26 heavy (non-hydrogen) atoms. The Morgan fingerprint density at radius 2 is 1.92 bits per heavy atom. The van der Waals surface area contributed by atoms with Crippen LogP contribution in [0.4, 0.5) is 0 Å². The highest BCUT2D eigenvalue weighted by molar-refractivity contribution is 6.53. The van der Waals surface area contributed by atoms with Crippen molar-refractivity contribution in [1.82, 2.24) is 4.90 Å². The van der Waals surface area contributed by atoms with Crippen molar-refractivity contribution >= 4 is 29.1 Å². The van der Waals surface area contributed by atoms with Crippen molar-refractivity contribution in [2.45, 2.75) is 43.6 Å². The van der Waals surface area contributed by atoms with Gasteiger partial charge in [0.25, 0.3) is 5.91 Å². The van der Waals surface area contributed by atoms with Crippen LogP contribution in [0, 0.1) is 0 Å². The summed E-state index contributed by atoms with van der Waals surface area (Å²) in [5, 5.41) is 0. The molecule has 0 saturated heterocycles. The van der Waals surface area contributed by atoms with Gasteiger partial charge in [-0.2, -0.15) is 0 Å². The lowest BCUT2D eigenvalue weighted by Crippen LogP contribution is -2.39. The second kappa shape index (κ2) is 8.79. The van der Waals surface area contributed by atoms with E-state index in [0.717, 1.165) is 30.6 Å². The minimum absolute atomic E-state index is 0.000909. The van der Waals surface area contributed by atoms with Crippen molar-refractivity contribution < 1.29 is 9.53 Å². The molecule has 2 aromatic carbocycles. The smallest absolute Gasteiger partial charge is 0.256 e. The van der Waals surface area contributed by atoms with E-state index >= 15 is 0 Å². The zero-order valence-electron chi connectivity index (χ0n) is 14.8. The summed E-state index contributed by atoms with van der Waals surface area (Å²) < 4.78 is 5.49. The molecule has 0 heterocycles. The molecule has 0 aliphatic heterocycles. The van der Waals surface area contributed by atoms with Crippen molar-refractivity contribution in [2.24, 2.45) is 0 Å². The van der Waals surface area contributed by atoms with Gasteiger partial charge in [0, 0.05) is 6.54 Å². The van der Waals surface area contributed by atoms with Crippen LogP contribution in [0.15, 0.2) is 48.5 Å². The highest BCUT2D eigenvalue weighted by Gasteiger charge is 2.31. The van der Waals surface area contributed by atoms with Gasteiger partial charge in [-0.3, -0.25) is 4.79 Å². The molecule has 0 aromatic heterocycles. The summed E-state index contributed by atoms with van der Waals surface area (Å²) in [5.41, 5.74) is 3.53. The van der Waals surface area contributed by atoms with E-state index < -0.39 is 4.84 Å². The van der Waals surface area contributed by atoms with Gasteiger partial charge in [0.15, 0.2) is 4.84 Å². The van der Waals surface area contributed by atoms with Crippen LogP contribution in [0.1, 0.15) is 42.5 Å². The van der Waals surface area contributed by atoms with Gasteiger partial charge in [0.05, 0.1) is 12.6 Å². The average Bonchev–Trinajstić information content (AvgIpc) is 2.66. The number of alkyl halides is 2. The second-order valence-corrected chi connectivity index (χ2v) is 7.55. The van der Waals surface area contributed by atoms with Gasteiger partial charge in [0.2, 0.25) is 0 Å². The van der Waals surface area contributed by atoms with E-state index in [1.807, 2.05) is 48.2 Å². The lowest BCUT2D eigenvalue weighted by atomic mass is 9.86. The van der Waals surface area contributed by atoms with Crippen molar-refractivity contribution in [3.8, 4) is 5.75 Å². The SMILES string of the molecule is CCOc1ccc(CN(C(=O)C(Cl)Cl)C2CCCc3ccccc32)cc1. The number of hydrogen-bond acceptors (Lipinski definition) is 2. The van der Waals surface area contributed by atoms with Crippen LogP contribution in [-0.2, 0) is 17.8 Å². The van der Waals surface area contributed by atoms with Crippen LogP contribution >= 0.6 is 23.2 Å². The molecule has 0 fully saturated rings. The Kier molecular flexibility index (Phi) is 6.44. The number of ether oxygens (including phenoxy) is 1. The van der Waals surface area contributed by atoms with E-state index in [1.54, 1.807) is 0 Å². The van der Waals surface area contributed by atoms with Crippen LogP contribution < -0.4 is 4.74 Å². The van der Waals surface area contributed by atoms with Crippen molar-refractivity contribution in [3.63, 3.8) is 0 Å².